The molecule has 2 atom stereocenters. The number of rotatable bonds is 24. The van der Waals surface area contributed by atoms with E-state index >= 15 is 0 Å². The molecule has 0 radical (unpaired) electrons. The first-order valence-corrected chi connectivity index (χ1v) is 23.9. The molecule has 2 aromatic heterocycles. The summed E-state index contributed by atoms with van der Waals surface area (Å²) < 4.78 is 0. The van der Waals surface area contributed by atoms with Crippen molar-refractivity contribution in [3.63, 3.8) is 0 Å². The van der Waals surface area contributed by atoms with Crippen molar-refractivity contribution in [3.8, 4) is 22.5 Å². The summed E-state index contributed by atoms with van der Waals surface area (Å²) in [7, 11) is 8.21. The Kier molecular flexibility index (Phi) is 27.7. The van der Waals surface area contributed by atoms with E-state index in [4.69, 9.17) is 56.4 Å². The molecule has 17 heteroatoms. The number of unbranched alkanes of at least 4 members (excludes halogenated alkanes) is 2. The van der Waals surface area contributed by atoms with E-state index in [1.165, 1.54) is 4.88 Å². The van der Waals surface area contributed by atoms with Crippen molar-refractivity contribution in [3.05, 3.63) is 66.2 Å². The third-order valence-corrected chi connectivity index (χ3v) is 13.3. The predicted octanol–water partition coefficient (Wildman–Crippen LogP) is 9.65. The number of aromatic nitrogens is 2. The van der Waals surface area contributed by atoms with Crippen LogP contribution in [0, 0.1) is 23.7 Å². The Labute approximate surface area is 410 Å². The number of anilines is 2. The van der Waals surface area contributed by atoms with Crippen LogP contribution in [-0.2, 0) is 22.4 Å². The van der Waals surface area contributed by atoms with Crippen LogP contribution in [-0.4, -0.2) is 96.5 Å². The Bertz CT molecular complexity index is 1830. The van der Waals surface area contributed by atoms with E-state index in [9.17, 15) is 14.7 Å². The molecule has 10 nitrogen and oxygen atoms in total. The zero-order valence-corrected chi connectivity index (χ0v) is 42.7. The van der Waals surface area contributed by atoms with Gasteiger partial charge in [0.15, 0.2) is 10.3 Å². The van der Waals surface area contributed by atoms with Crippen LogP contribution >= 0.6 is 69.1 Å². The van der Waals surface area contributed by atoms with Crippen LogP contribution in [0.2, 0.25) is 20.1 Å². The van der Waals surface area contributed by atoms with E-state index in [1.807, 2.05) is 44.4 Å². The molecule has 2 heterocycles. The minimum Gasteiger partial charge on any atom is -0.870 e. The van der Waals surface area contributed by atoms with E-state index < -0.39 is 11.9 Å². The molecule has 62 heavy (non-hydrogen) atoms. The summed E-state index contributed by atoms with van der Waals surface area (Å²) >= 11 is 27.8. The van der Waals surface area contributed by atoms with E-state index in [0.717, 1.165) is 95.7 Å². The molecule has 0 bridgehead atoms. The topological polar surface area (TPSA) is 141 Å². The number of benzene rings is 2. The normalized spacial score (nSPS) is 12.1. The largest absolute Gasteiger partial charge is 1.00 e. The van der Waals surface area contributed by atoms with E-state index in [-0.39, 0.29) is 36.0 Å². The minimum atomic E-state index is -0.768. The molecule has 0 amide bonds. The fourth-order valence-electron chi connectivity index (χ4n) is 6.43. The van der Waals surface area contributed by atoms with Gasteiger partial charge in [-0.15, -0.1) is 22.7 Å². The average molecular weight is 967 g/mol. The zero-order chi connectivity index (χ0) is 44.5. The maximum atomic E-state index is 12.1. The molecule has 0 fully saturated rings. The summed E-state index contributed by atoms with van der Waals surface area (Å²) in [5.74, 6) is 0.0351. The molecular formula is C45H65Cl4LiN6O4S2. The van der Waals surface area contributed by atoms with Gasteiger partial charge in [-0.3, -0.25) is 9.59 Å². The maximum absolute atomic E-state index is 12.1. The molecule has 4 N–H and O–H groups in total. The number of carboxylic acids is 1. The standard InChI is InChI=1S/C23H33Cl2N3OS.C22H31Cl2N3O2S.Li.H2O/c1-15(2)12-21-22(17-9-10-19(24)20(25)13-17)27-23(30-21)26-14-18(16(3)29)8-6-7-11-28(4)5;1-14(2)11-19-20(15-8-9-17(23)18(24)12-15)26-22(30-19)25-13-16(21(28)29)7-5-6-10-27(3)4;;/h9-10,13,15,18H,6-8,11-12,14H2,1-5H3,(H,26,27);8-9,12,14,16H,5-7,10-11,13H2,1-4H3,(H,25,26)(H,28,29);;1H2/q;;+1;/p-1. The molecule has 4 aromatic rings. The second-order valence-corrected chi connectivity index (χ2v) is 20.5. The van der Waals surface area contributed by atoms with Crippen LogP contribution in [0.4, 0.5) is 10.3 Å². The quantitative estimate of drug-likeness (QED) is 0.0460. The number of carboxylic acid groups (broad SMARTS) is 1. The summed E-state index contributed by atoms with van der Waals surface area (Å²) in [6.07, 6.45) is 7.43. The van der Waals surface area contributed by atoms with Gasteiger partial charge < -0.3 is 31.0 Å². The van der Waals surface area contributed by atoms with Crippen molar-refractivity contribution >= 4 is 91.1 Å². The summed E-state index contributed by atoms with van der Waals surface area (Å²) in [6, 6.07) is 11.2. The Balaban J connectivity index is 0.000000601. The number of hydrogen-bond acceptors (Lipinski definition) is 11. The van der Waals surface area contributed by atoms with E-state index in [2.05, 4.69) is 62.2 Å². The number of carbonyl (C=O) groups excluding carboxylic acids is 1. The Morgan fingerprint density at radius 1 is 0.661 bits per heavy atom. The van der Waals surface area contributed by atoms with Crippen LogP contribution in [0.25, 0.3) is 22.5 Å². The number of aliphatic carboxylic acids is 1. The van der Waals surface area contributed by atoms with Crippen LogP contribution in [0.3, 0.4) is 0 Å². The second kappa shape index (κ2) is 29.6. The van der Waals surface area contributed by atoms with Gasteiger partial charge in [-0.2, -0.15) is 0 Å². The van der Waals surface area contributed by atoms with Crippen molar-refractivity contribution in [2.45, 2.75) is 86.0 Å². The van der Waals surface area contributed by atoms with Crippen LogP contribution < -0.4 is 29.5 Å². The summed E-state index contributed by atoms with van der Waals surface area (Å²) in [5.41, 5.74) is 3.71. The number of halogens is 4. The van der Waals surface area contributed by atoms with Gasteiger partial charge in [0.25, 0.3) is 0 Å². The summed E-state index contributed by atoms with van der Waals surface area (Å²) in [5, 5.41) is 19.9. The van der Waals surface area contributed by atoms with Crippen molar-refractivity contribution in [2.75, 3.05) is 65.0 Å². The maximum Gasteiger partial charge on any atom is 1.00 e. The molecule has 4 rings (SSSR count). The predicted molar refractivity (Wildman–Crippen MR) is 261 cm³/mol. The number of Topliss-reactive ketones (excluding diaryl/α,β-unsaturated/α-hetero) is 1. The summed E-state index contributed by atoms with van der Waals surface area (Å²) in [6.45, 7) is 13.4. The number of ketones is 1. The van der Waals surface area contributed by atoms with Crippen molar-refractivity contribution < 1.29 is 39.0 Å². The Morgan fingerprint density at radius 2 is 1.05 bits per heavy atom. The van der Waals surface area contributed by atoms with Gasteiger partial charge in [-0.25, -0.2) is 9.97 Å². The third-order valence-electron chi connectivity index (χ3n) is 9.71. The van der Waals surface area contributed by atoms with E-state index in [1.54, 1.807) is 35.7 Å². The van der Waals surface area contributed by atoms with Crippen LogP contribution in [0.5, 0.6) is 0 Å². The van der Waals surface area contributed by atoms with Crippen molar-refractivity contribution in [1.29, 1.82) is 0 Å². The van der Waals surface area contributed by atoms with Crippen molar-refractivity contribution in [1.82, 2.24) is 19.8 Å². The molecule has 2 unspecified atom stereocenters. The fourth-order valence-corrected chi connectivity index (χ4v) is 9.43. The van der Waals surface area contributed by atoms with Crippen LogP contribution in [0.1, 0.15) is 82.9 Å². The molecule has 0 aliphatic carbocycles. The Hall–Kier alpha value is -1.92. The number of nitrogens with one attached hydrogen (secondary N) is 2. The monoisotopic (exact) mass is 964 g/mol. The van der Waals surface area contributed by atoms with Gasteiger partial charge in [0.05, 0.1) is 37.4 Å². The van der Waals surface area contributed by atoms with Gasteiger partial charge in [-0.1, -0.05) is 99.1 Å². The molecule has 2 aromatic carbocycles. The molecule has 0 aliphatic heterocycles. The van der Waals surface area contributed by atoms with Gasteiger partial charge in [0.1, 0.15) is 5.78 Å². The van der Waals surface area contributed by atoms with Gasteiger partial charge in [0, 0.05) is 39.9 Å². The third kappa shape index (κ3) is 20.5. The van der Waals surface area contributed by atoms with E-state index in [0.29, 0.717) is 51.4 Å². The second-order valence-electron chi connectivity index (χ2n) is 16.7. The first-order chi connectivity index (χ1) is 28.3. The number of nitrogens with zero attached hydrogens (tertiary/aromatic N) is 4. The SMILES string of the molecule is CC(=O)C(CCCCN(C)C)CNc1nc(-c2ccc(Cl)c(Cl)c2)c(CC(C)C)s1.CC(C)Cc1sc(NCC(CCCCN(C)C)C(=O)O)nc1-c1ccc(Cl)c(Cl)c1.[Li+].[OH-]. The number of carbonyl (C=O) groups is 2. The molecule has 0 aliphatic rings. The molecule has 0 saturated heterocycles. The summed E-state index contributed by atoms with van der Waals surface area (Å²) in [4.78, 5) is 40.0. The molecule has 0 saturated carbocycles. The fraction of sp³-hybridized carbons (Fsp3) is 0.556. The zero-order valence-electron chi connectivity index (χ0n) is 38.1. The number of thiazole rings is 2. The molecule has 340 valence electrons. The van der Waals surface area contributed by atoms with Gasteiger partial charge >= 0.3 is 24.8 Å². The smallest absolute Gasteiger partial charge is 0.870 e. The van der Waals surface area contributed by atoms with Crippen molar-refractivity contribution in [2.24, 2.45) is 23.7 Å². The van der Waals surface area contributed by atoms with Gasteiger partial charge in [-0.05, 0) is 123 Å². The minimum absolute atomic E-state index is 0. The molecule has 0 spiro atoms. The Morgan fingerprint density at radius 3 is 1.39 bits per heavy atom. The van der Waals surface area contributed by atoms with Gasteiger partial charge in [0.2, 0.25) is 0 Å². The first kappa shape index (κ1) is 58.1. The first-order valence-electron chi connectivity index (χ1n) is 20.7. The number of hydrogen-bond donors (Lipinski definition) is 3. The average Bonchev–Trinajstić information content (AvgIpc) is 3.75. The van der Waals surface area contributed by atoms with Crippen LogP contribution in [0.15, 0.2) is 36.4 Å². The molecular weight excluding hydrogens is 901 g/mol.